The normalized spacial score (nSPS) is 17.5. The molecule has 3 rings (SSSR count). The van der Waals surface area contributed by atoms with Crippen LogP contribution in [0.1, 0.15) is 18.9 Å². The first-order valence-electron chi connectivity index (χ1n) is 7.12. The molecule has 0 radical (unpaired) electrons. The number of halogens is 1. The van der Waals surface area contributed by atoms with E-state index in [-0.39, 0.29) is 5.82 Å². The Balaban J connectivity index is 1.90. The second-order valence-corrected chi connectivity index (χ2v) is 5.21. The smallest absolute Gasteiger partial charge is 0.123 e. The Morgan fingerprint density at radius 3 is 2.65 bits per heavy atom. The molecule has 0 spiro atoms. The SMILES string of the molecule is CCC1CNc2ccccc2N1Cc1ccc(F)cc1. The summed E-state index contributed by atoms with van der Waals surface area (Å²) in [6.45, 7) is 3.98. The van der Waals surface area contributed by atoms with Crippen LogP contribution in [0.4, 0.5) is 15.8 Å². The van der Waals surface area contributed by atoms with Crippen LogP contribution in [0.3, 0.4) is 0 Å². The quantitative estimate of drug-likeness (QED) is 0.905. The highest BCUT2D eigenvalue weighted by Crippen LogP contribution is 2.33. The minimum atomic E-state index is -0.179. The molecule has 0 saturated carbocycles. The molecule has 2 nitrogen and oxygen atoms in total. The van der Waals surface area contributed by atoms with E-state index in [9.17, 15) is 4.39 Å². The zero-order valence-corrected chi connectivity index (χ0v) is 11.6. The first-order valence-corrected chi connectivity index (χ1v) is 7.12. The van der Waals surface area contributed by atoms with Crippen molar-refractivity contribution in [3.05, 3.63) is 59.9 Å². The molecule has 0 aliphatic carbocycles. The molecule has 0 saturated heterocycles. The van der Waals surface area contributed by atoms with Gasteiger partial charge >= 0.3 is 0 Å². The maximum Gasteiger partial charge on any atom is 0.123 e. The number of anilines is 2. The molecular formula is C17H19FN2. The molecule has 104 valence electrons. The maximum absolute atomic E-state index is 13.0. The fourth-order valence-corrected chi connectivity index (χ4v) is 2.77. The summed E-state index contributed by atoms with van der Waals surface area (Å²) in [5.74, 6) is -0.179. The highest BCUT2D eigenvalue weighted by molar-refractivity contribution is 5.72. The predicted molar refractivity (Wildman–Crippen MR) is 81.6 cm³/mol. The zero-order valence-electron chi connectivity index (χ0n) is 11.6. The molecule has 0 bridgehead atoms. The lowest BCUT2D eigenvalue weighted by Gasteiger charge is -2.39. The molecule has 1 aliphatic heterocycles. The number of hydrogen-bond donors (Lipinski definition) is 1. The van der Waals surface area contributed by atoms with Gasteiger partial charge in [-0.05, 0) is 36.2 Å². The largest absolute Gasteiger partial charge is 0.381 e. The number of hydrogen-bond acceptors (Lipinski definition) is 2. The zero-order chi connectivity index (χ0) is 13.9. The van der Waals surface area contributed by atoms with E-state index in [1.165, 1.54) is 23.5 Å². The van der Waals surface area contributed by atoms with Crippen LogP contribution in [0.15, 0.2) is 48.5 Å². The van der Waals surface area contributed by atoms with Gasteiger partial charge in [-0.1, -0.05) is 31.2 Å². The minimum Gasteiger partial charge on any atom is -0.381 e. The molecule has 0 amide bonds. The third-order valence-electron chi connectivity index (χ3n) is 3.92. The van der Waals surface area contributed by atoms with Crippen molar-refractivity contribution in [3.63, 3.8) is 0 Å². The molecule has 1 unspecified atom stereocenters. The summed E-state index contributed by atoms with van der Waals surface area (Å²) in [5.41, 5.74) is 3.55. The number of nitrogens with zero attached hydrogens (tertiary/aromatic N) is 1. The van der Waals surface area contributed by atoms with E-state index in [1.807, 2.05) is 18.2 Å². The maximum atomic E-state index is 13.0. The third-order valence-corrected chi connectivity index (χ3v) is 3.92. The van der Waals surface area contributed by atoms with Crippen molar-refractivity contribution < 1.29 is 4.39 Å². The summed E-state index contributed by atoms with van der Waals surface area (Å²) in [5, 5.41) is 3.49. The molecule has 1 heterocycles. The van der Waals surface area contributed by atoms with Crippen molar-refractivity contribution in [1.82, 2.24) is 0 Å². The second kappa shape index (κ2) is 5.53. The topological polar surface area (TPSA) is 15.3 Å². The van der Waals surface area contributed by atoms with Crippen LogP contribution >= 0.6 is 0 Å². The Hall–Kier alpha value is -2.03. The Labute approximate surface area is 119 Å². The van der Waals surface area contributed by atoms with E-state index in [1.54, 1.807) is 0 Å². The first kappa shape index (κ1) is 13.0. The average Bonchev–Trinajstić information content (AvgIpc) is 2.50. The fourth-order valence-electron chi connectivity index (χ4n) is 2.77. The van der Waals surface area contributed by atoms with Crippen molar-refractivity contribution in [1.29, 1.82) is 0 Å². The molecular weight excluding hydrogens is 251 g/mol. The highest BCUT2D eigenvalue weighted by Gasteiger charge is 2.24. The van der Waals surface area contributed by atoms with Crippen molar-refractivity contribution in [2.45, 2.75) is 25.9 Å². The second-order valence-electron chi connectivity index (χ2n) is 5.21. The number of para-hydroxylation sites is 2. The van der Waals surface area contributed by atoms with Crippen molar-refractivity contribution in [2.24, 2.45) is 0 Å². The van der Waals surface area contributed by atoms with E-state index in [0.29, 0.717) is 6.04 Å². The lowest BCUT2D eigenvalue weighted by molar-refractivity contribution is 0.579. The van der Waals surface area contributed by atoms with Gasteiger partial charge < -0.3 is 10.2 Å². The van der Waals surface area contributed by atoms with Gasteiger partial charge in [0.2, 0.25) is 0 Å². The van der Waals surface area contributed by atoms with Crippen molar-refractivity contribution >= 4 is 11.4 Å². The van der Waals surface area contributed by atoms with E-state index in [0.717, 1.165) is 25.1 Å². The Morgan fingerprint density at radius 2 is 1.90 bits per heavy atom. The van der Waals surface area contributed by atoms with Gasteiger partial charge in [0.25, 0.3) is 0 Å². The van der Waals surface area contributed by atoms with Crippen LogP contribution < -0.4 is 10.2 Å². The summed E-state index contributed by atoms with van der Waals surface area (Å²) >= 11 is 0. The Morgan fingerprint density at radius 1 is 1.15 bits per heavy atom. The van der Waals surface area contributed by atoms with Gasteiger partial charge in [-0.25, -0.2) is 4.39 Å². The van der Waals surface area contributed by atoms with Crippen LogP contribution in [-0.2, 0) is 6.54 Å². The number of fused-ring (bicyclic) bond motifs is 1. The molecule has 1 aliphatic rings. The van der Waals surface area contributed by atoms with E-state index >= 15 is 0 Å². The van der Waals surface area contributed by atoms with Gasteiger partial charge in [-0.15, -0.1) is 0 Å². The Bertz CT molecular complexity index is 580. The van der Waals surface area contributed by atoms with Crippen LogP contribution in [0.5, 0.6) is 0 Å². The van der Waals surface area contributed by atoms with Gasteiger partial charge in [0.1, 0.15) is 5.82 Å². The summed E-state index contributed by atoms with van der Waals surface area (Å²) in [4.78, 5) is 2.42. The van der Waals surface area contributed by atoms with Crippen LogP contribution in [0.25, 0.3) is 0 Å². The highest BCUT2D eigenvalue weighted by atomic mass is 19.1. The fraction of sp³-hybridized carbons (Fsp3) is 0.294. The van der Waals surface area contributed by atoms with E-state index in [2.05, 4.69) is 35.3 Å². The predicted octanol–water partition coefficient (Wildman–Crippen LogP) is 4.04. The molecule has 1 N–H and O–H groups in total. The van der Waals surface area contributed by atoms with Crippen molar-refractivity contribution in [3.8, 4) is 0 Å². The average molecular weight is 270 g/mol. The van der Waals surface area contributed by atoms with Crippen LogP contribution in [-0.4, -0.2) is 12.6 Å². The first-order chi connectivity index (χ1) is 9.78. The molecule has 1 atom stereocenters. The number of rotatable bonds is 3. The van der Waals surface area contributed by atoms with Gasteiger partial charge in [-0.3, -0.25) is 0 Å². The molecule has 20 heavy (non-hydrogen) atoms. The standard InChI is InChI=1S/C17H19FN2/c1-2-15-11-19-16-5-3-4-6-17(16)20(15)12-13-7-9-14(18)10-8-13/h3-10,15,19H,2,11-12H2,1H3. The lowest BCUT2D eigenvalue weighted by Crippen LogP contribution is -2.43. The number of benzene rings is 2. The summed E-state index contributed by atoms with van der Waals surface area (Å²) < 4.78 is 13.0. The van der Waals surface area contributed by atoms with Gasteiger partial charge in [0.15, 0.2) is 0 Å². The monoisotopic (exact) mass is 270 g/mol. The molecule has 2 aromatic carbocycles. The minimum absolute atomic E-state index is 0.179. The third kappa shape index (κ3) is 2.48. The molecule has 0 aromatic heterocycles. The summed E-state index contributed by atoms with van der Waals surface area (Å²) in [7, 11) is 0. The van der Waals surface area contributed by atoms with Crippen LogP contribution in [0.2, 0.25) is 0 Å². The summed E-state index contributed by atoms with van der Waals surface area (Å²) in [6.07, 6.45) is 1.09. The Kier molecular flexibility index (Phi) is 3.59. The molecule has 2 aromatic rings. The van der Waals surface area contributed by atoms with Gasteiger partial charge in [0.05, 0.1) is 11.4 Å². The number of nitrogens with one attached hydrogen (secondary N) is 1. The van der Waals surface area contributed by atoms with Crippen molar-refractivity contribution in [2.75, 3.05) is 16.8 Å². The summed E-state index contributed by atoms with van der Waals surface area (Å²) in [6, 6.07) is 15.6. The van der Waals surface area contributed by atoms with Crippen LogP contribution in [0, 0.1) is 5.82 Å². The lowest BCUT2D eigenvalue weighted by atomic mass is 10.0. The molecule has 0 fully saturated rings. The van der Waals surface area contributed by atoms with Gasteiger partial charge in [-0.2, -0.15) is 0 Å². The van der Waals surface area contributed by atoms with Gasteiger partial charge in [0, 0.05) is 19.1 Å². The molecule has 3 heteroatoms. The van der Waals surface area contributed by atoms with E-state index < -0.39 is 0 Å². The van der Waals surface area contributed by atoms with E-state index in [4.69, 9.17) is 0 Å².